The van der Waals surface area contributed by atoms with Crippen LogP contribution < -0.4 is 4.74 Å². The van der Waals surface area contributed by atoms with Gasteiger partial charge in [0.2, 0.25) is 0 Å². The summed E-state index contributed by atoms with van der Waals surface area (Å²) in [7, 11) is 0. The van der Waals surface area contributed by atoms with Crippen LogP contribution in [0.15, 0.2) is 24.3 Å². The Bertz CT molecular complexity index is 685. The molecule has 1 aromatic heterocycles. The number of aromatic amines is 1. The van der Waals surface area contributed by atoms with Gasteiger partial charge in [0.15, 0.2) is 0 Å². The van der Waals surface area contributed by atoms with Crippen LogP contribution in [0.2, 0.25) is 0 Å². The highest BCUT2D eigenvalue weighted by Crippen LogP contribution is 2.39. The first-order chi connectivity index (χ1) is 11.7. The zero-order valence-corrected chi connectivity index (χ0v) is 14.1. The van der Waals surface area contributed by atoms with E-state index in [0.717, 1.165) is 80.9 Å². The number of morpholine rings is 1. The van der Waals surface area contributed by atoms with Crippen LogP contribution in [0.1, 0.15) is 31.4 Å². The van der Waals surface area contributed by atoms with Gasteiger partial charge in [0.25, 0.3) is 0 Å². The number of fused-ring (bicyclic) bond motifs is 1. The molecular weight excluding hydrogens is 304 g/mol. The van der Waals surface area contributed by atoms with Crippen LogP contribution in [0.3, 0.4) is 0 Å². The van der Waals surface area contributed by atoms with Gasteiger partial charge in [-0.2, -0.15) is 0 Å². The fourth-order valence-electron chi connectivity index (χ4n) is 3.80. The third kappa shape index (κ3) is 3.29. The second kappa shape index (κ2) is 6.75. The summed E-state index contributed by atoms with van der Waals surface area (Å²) < 4.78 is 11.3. The highest BCUT2D eigenvalue weighted by atomic mass is 16.5. The van der Waals surface area contributed by atoms with Gasteiger partial charge in [0, 0.05) is 36.2 Å². The lowest BCUT2D eigenvalue weighted by Gasteiger charge is -2.26. The molecule has 4 rings (SSSR count). The van der Waals surface area contributed by atoms with E-state index in [1.165, 1.54) is 0 Å². The maximum atomic E-state index is 10.7. The molecule has 1 aliphatic heterocycles. The van der Waals surface area contributed by atoms with E-state index >= 15 is 0 Å². The molecule has 2 N–H and O–H groups in total. The van der Waals surface area contributed by atoms with Crippen molar-refractivity contribution in [2.24, 2.45) is 0 Å². The Morgan fingerprint density at radius 2 is 1.96 bits per heavy atom. The summed E-state index contributed by atoms with van der Waals surface area (Å²) in [6.07, 6.45) is 3.90. The quantitative estimate of drug-likeness (QED) is 0.885. The van der Waals surface area contributed by atoms with Crippen molar-refractivity contribution < 1.29 is 14.6 Å². The summed E-state index contributed by atoms with van der Waals surface area (Å²) in [5, 5.41) is 11.8. The van der Waals surface area contributed by atoms with E-state index in [9.17, 15) is 5.11 Å². The topological polar surface area (TPSA) is 57.7 Å². The molecule has 1 aromatic carbocycles. The standard InChI is InChI=1S/C19H26N2O3/c22-19(5-1-2-6-19)18-14-15-13-16(3-4-17(15)20-18)24-12-9-21-7-10-23-11-8-21/h3-4,13-14,20,22H,1-2,5-12H2. The van der Waals surface area contributed by atoms with E-state index in [2.05, 4.69) is 22.0 Å². The molecule has 0 amide bonds. The first-order valence-electron chi connectivity index (χ1n) is 9.01. The van der Waals surface area contributed by atoms with Crippen molar-refractivity contribution in [3.63, 3.8) is 0 Å². The SMILES string of the molecule is OC1(c2cc3cc(OCCN4CCOCC4)ccc3[nH]2)CCCC1. The summed E-state index contributed by atoms with van der Waals surface area (Å²) in [6, 6.07) is 8.18. The van der Waals surface area contributed by atoms with E-state index in [-0.39, 0.29) is 0 Å². The van der Waals surface area contributed by atoms with Gasteiger partial charge in [-0.3, -0.25) is 4.90 Å². The minimum absolute atomic E-state index is 0.670. The Labute approximate surface area is 142 Å². The lowest BCUT2D eigenvalue weighted by molar-refractivity contribution is 0.0322. The van der Waals surface area contributed by atoms with Crippen LogP contribution in [-0.2, 0) is 10.3 Å². The molecule has 0 spiro atoms. The third-order valence-corrected chi connectivity index (χ3v) is 5.30. The van der Waals surface area contributed by atoms with Gasteiger partial charge in [0.05, 0.1) is 13.2 Å². The number of nitrogens with one attached hydrogen (secondary N) is 1. The second-order valence-corrected chi connectivity index (χ2v) is 6.97. The molecule has 0 bridgehead atoms. The fraction of sp³-hybridized carbons (Fsp3) is 0.579. The minimum atomic E-state index is -0.670. The molecule has 0 unspecified atom stereocenters. The van der Waals surface area contributed by atoms with Crippen molar-refractivity contribution in [1.29, 1.82) is 0 Å². The zero-order chi connectivity index (χ0) is 16.4. The molecule has 0 atom stereocenters. The average molecular weight is 330 g/mol. The molecule has 1 aliphatic carbocycles. The number of aromatic nitrogens is 1. The Hall–Kier alpha value is -1.56. The van der Waals surface area contributed by atoms with Gasteiger partial charge >= 0.3 is 0 Å². The van der Waals surface area contributed by atoms with Crippen LogP contribution in [0.25, 0.3) is 10.9 Å². The monoisotopic (exact) mass is 330 g/mol. The maximum Gasteiger partial charge on any atom is 0.120 e. The zero-order valence-electron chi connectivity index (χ0n) is 14.1. The number of nitrogens with zero attached hydrogens (tertiary/aromatic N) is 1. The smallest absolute Gasteiger partial charge is 0.120 e. The van der Waals surface area contributed by atoms with Crippen LogP contribution in [-0.4, -0.2) is 54.4 Å². The average Bonchev–Trinajstić information content (AvgIpc) is 3.23. The predicted octanol–water partition coefficient (Wildman–Crippen LogP) is 2.64. The number of benzene rings is 1. The van der Waals surface area contributed by atoms with Crippen molar-refractivity contribution in [3.8, 4) is 5.75 Å². The number of aliphatic hydroxyl groups is 1. The molecule has 2 aliphatic rings. The summed E-state index contributed by atoms with van der Waals surface area (Å²) in [5.41, 5.74) is 1.34. The minimum Gasteiger partial charge on any atom is -0.492 e. The Kier molecular flexibility index (Phi) is 4.48. The molecule has 5 heteroatoms. The molecule has 5 nitrogen and oxygen atoms in total. The normalized spacial score (nSPS) is 21.4. The summed E-state index contributed by atoms with van der Waals surface area (Å²) in [4.78, 5) is 5.75. The van der Waals surface area contributed by atoms with Crippen molar-refractivity contribution in [3.05, 3.63) is 30.0 Å². The number of ether oxygens (including phenoxy) is 2. The lowest BCUT2D eigenvalue weighted by atomic mass is 9.98. The van der Waals surface area contributed by atoms with Crippen molar-refractivity contribution in [1.82, 2.24) is 9.88 Å². The van der Waals surface area contributed by atoms with Crippen molar-refractivity contribution >= 4 is 10.9 Å². The molecule has 2 aromatic rings. The van der Waals surface area contributed by atoms with E-state index in [1.54, 1.807) is 0 Å². The second-order valence-electron chi connectivity index (χ2n) is 6.97. The molecule has 130 valence electrons. The van der Waals surface area contributed by atoms with Crippen LogP contribution in [0.5, 0.6) is 5.75 Å². The van der Waals surface area contributed by atoms with Gasteiger partial charge in [0.1, 0.15) is 18.0 Å². The molecule has 2 fully saturated rings. The fourth-order valence-corrected chi connectivity index (χ4v) is 3.80. The highest BCUT2D eigenvalue weighted by Gasteiger charge is 2.34. The van der Waals surface area contributed by atoms with E-state index in [4.69, 9.17) is 9.47 Å². The van der Waals surface area contributed by atoms with Crippen molar-refractivity contribution in [2.75, 3.05) is 39.5 Å². The highest BCUT2D eigenvalue weighted by molar-refractivity contribution is 5.82. The van der Waals surface area contributed by atoms with E-state index in [0.29, 0.717) is 6.61 Å². The van der Waals surface area contributed by atoms with E-state index < -0.39 is 5.60 Å². The largest absolute Gasteiger partial charge is 0.492 e. The van der Waals surface area contributed by atoms with Crippen LogP contribution in [0, 0.1) is 0 Å². The first-order valence-corrected chi connectivity index (χ1v) is 9.01. The predicted molar refractivity (Wildman–Crippen MR) is 93.4 cm³/mol. The number of rotatable bonds is 5. The van der Waals surface area contributed by atoms with Gasteiger partial charge < -0.3 is 19.6 Å². The first kappa shape index (κ1) is 15.9. The number of H-pyrrole nitrogens is 1. The van der Waals surface area contributed by atoms with E-state index in [1.807, 2.05) is 12.1 Å². The Balaban J connectivity index is 1.41. The lowest BCUT2D eigenvalue weighted by Crippen LogP contribution is -2.38. The molecule has 2 heterocycles. The van der Waals surface area contributed by atoms with Gasteiger partial charge in [-0.15, -0.1) is 0 Å². The molecule has 1 saturated carbocycles. The summed E-state index contributed by atoms with van der Waals surface area (Å²) in [5.74, 6) is 0.889. The van der Waals surface area contributed by atoms with Crippen LogP contribution in [0.4, 0.5) is 0 Å². The van der Waals surface area contributed by atoms with Gasteiger partial charge in [-0.05, 0) is 37.1 Å². The molecule has 1 saturated heterocycles. The van der Waals surface area contributed by atoms with Gasteiger partial charge in [-0.1, -0.05) is 12.8 Å². The third-order valence-electron chi connectivity index (χ3n) is 5.30. The molecule has 24 heavy (non-hydrogen) atoms. The van der Waals surface area contributed by atoms with Crippen LogP contribution >= 0.6 is 0 Å². The Morgan fingerprint density at radius 1 is 1.17 bits per heavy atom. The summed E-state index contributed by atoms with van der Waals surface area (Å²) >= 11 is 0. The molecule has 0 radical (unpaired) electrons. The van der Waals surface area contributed by atoms with Gasteiger partial charge in [-0.25, -0.2) is 0 Å². The number of hydrogen-bond donors (Lipinski definition) is 2. The number of hydrogen-bond acceptors (Lipinski definition) is 4. The summed E-state index contributed by atoms with van der Waals surface area (Å²) in [6.45, 7) is 5.23. The molecular formula is C19H26N2O3. The Morgan fingerprint density at radius 3 is 2.75 bits per heavy atom. The maximum absolute atomic E-state index is 10.7. The van der Waals surface area contributed by atoms with Crippen molar-refractivity contribution in [2.45, 2.75) is 31.3 Å².